The van der Waals surface area contributed by atoms with Gasteiger partial charge >= 0.3 is 0 Å². The third kappa shape index (κ3) is 4.30. The number of primary sulfonamides is 1. The third-order valence-electron chi connectivity index (χ3n) is 5.01. The summed E-state index contributed by atoms with van der Waals surface area (Å²) in [6.07, 6.45) is 0.473. The van der Waals surface area contributed by atoms with E-state index >= 15 is 0 Å². The highest BCUT2D eigenvalue weighted by molar-refractivity contribution is 7.89. The van der Waals surface area contributed by atoms with Crippen molar-refractivity contribution < 1.29 is 17.7 Å². The van der Waals surface area contributed by atoms with Gasteiger partial charge in [0.25, 0.3) is 5.69 Å². The molecule has 1 atom stereocenters. The summed E-state index contributed by atoms with van der Waals surface area (Å²) in [5.41, 5.74) is 2.84. The molecular formula is C21H17FN4O4S. The van der Waals surface area contributed by atoms with E-state index in [0.29, 0.717) is 17.8 Å². The van der Waals surface area contributed by atoms with Crippen molar-refractivity contribution in [2.75, 3.05) is 5.01 Å². The number of halogens is 1. The molecule has 0 fully saturated rings. The van der Waals surface area contributed by atoms with Crippen LogP contribution in [0.4, 0.5) is 15.8 Å². The van der Waals surface area contributed by atoms with Crippen LogP contribution in [0.1, 0.15) is 23.6 Å². The van der Waals surface area contributed by atoms with E-state index in [1.54, 1.807) is 41.4 Å². The minimum absolute atomic E-state index is 0.0227. The molecule has 0 radical (unpaired) electrons. The Morgan fingerprint density at radius 3 is 2.16 bits per heavy atom. The van der Waals surface area contributed by atoms with Gasteiger partial charge in [-0.15, -0.1) is 0 Å². The molecule has 158 valence electrons. The highest BCUT2D eigenvalue weighted by Crippen LogP contribution is 2.37. The summed E-state index contributed by atoms with van der Waals surface area (Å²) in [4.78, 5) is 10.5. The van der Waals surface area contributed by atoms with Crippen molar-refractivity contribution in [3.05, 3.63) is 99.9 Å². The number of non-ortho nitro benzene ring substituents is 1. The molecule has 0 aromatic heterocycles. The van der Waals surface area contributed by atoms with Gasteiger partial charge in [-0.25, -0.2) is 17.9 Å². The van der Waals surface area contributed by atoms with Crippen LogP contribution < -0.4 is 10.1 Å². The van der Waals surface area contributed by atoms with Gasteiger partial charge in [0.15, 0.2) is 0 Å². The maximum absolute atomic E-state index is 13.3. The number of nitro groups is 1. The number of hydrogen-bond donors (Lipinski definition) is 1. The van der Waals surface area contributed by atoms with Gasteiger partial charge in [0.05, 0.1) is 27.3 Å². The predicted octanol–water partition coefficient (Wildman–Crippen LogP) is 3.74. The number of anilines is 1. The lowest BCUT2D eigenvalue weighted by atomic mass is 9.98. The molecule has 1 heterocycles. The lowest BCUT2D eigenvalue weighted by Gasteiger charge is -2.24. The monoisotopic (exact) mass is 440 g/mol. The fourth-order valence-corrected chi connectivity index (χ4v) is 3.95. The number of nitrogens with two attached hydrogens (primary N) is 1. The van der Waals surface area contributed by atoms with Gasteiger partial charge in [0.1, 0.15) is 5.82 Å². The molecule has 1 aliphatic heterocycles. The Morgan fingerprint density at radius 2 is 1.61 bits per heavy atom. The van der Waals surface area contributed by atoms with Crippen LogP contribution in [0.2, 0.25) is 0 Å². The zero-order chi connectivity index (χ0) is 22.2. The Morgan fingerprint density at radius 1 is 1.00 bits per heavy atom. The summed E-state index contributed by atoms with van der Waals surface area (Å²) in [5, 5.41) is 22.5. The van der Waals surface area contributed by atoms with E-state index < -0.39 is 14.9 Å². The van der Waals surface area contributed by atoms with Crippen LogP contribution in [0.25, 0.3) is 0 Å². The summed E-state index contributed by atoms with van der Waals surface area (Å²) in [6, 6.07) is 17.8. The van der Waals surface area contributed by atoms with Gasteiger partial charge in [0, 0.05) is 18.6 Å². The van der Waals surface area contributed by atoms with E-state index in [1.807, 2.05) is 0 Å². The Hall–Kier alpha value is -3.63. The molecule has 31 heavy (non-hydrogen) atoms. The van der Waals surface area contributed by atoms with Crippen molar-refractivity contribution in [2.45, 2.75) is 17.4 Å². The summed E-state index contributed by atoms with van der Waals surface area (Å²) >= 11 is 0. The standard InChI is InChI=1S/C21H17FN4O4S/c22-16-5-1-14(2-6-16)20-13-21(15-3-7-18(8-4-15)26(27)28)25(24-20)17-9-11-19(12-10-17)31(23,29)30/h1-12,21H,13H2,(H2,23,29,30). The first kappa shape index (κ1) is 20.6. The summed E-state index contributed by atoms with van der Waals surface area (Å²) < 4.78 is 36.4. The number of rotatable bonds is 5. The number of hydrazone groups is 1. The van der Waals surface area contributed by atoms with Crippen LogP contribution in [-0.2, 0) is 10.0 Å². The molecule has 8 nitrogen and oxygen atoms in total. The normalized spacial score (nSPS) is 16.3. The molecule has 3 aromatic carbocycles. The Labute approximate surface area is 177 Å². The summed E-state index contributed by atoms with van der Waals surface area (Å²) in [5.74, 6) is -0.357. The lowest BCUT2D eigenvalue weighted by Crippen LogP contribution is -2.19. The lowest BCUT2D eigenvalue weighted by molar-refractivity contribution is -0.384. The van der Waals surface area contributed by atoms with Crippen LogP contribution in [-0.4, -0.2) is 19.1 Å². The third-order valence-corrected chi connectivity index (χ3v) is 5.94. The average molecular weight is 440 g/mol. The smallest absolute Gasteiger partial charge is 0.258 e. The maximum atomic E-state index is 13.3. The molecule has 1 aliphatic rings. The molecule has 3 aromatic rings. The zero-order valence-corrected chi connectivity index (χ0v) is 16.9. The first-order valence-corrected chi connectivity index (χ1v) is 10.8. The van der Waals surface area contributed by atoms with Crippen molar-refractivity contribution in [2.24, 2.45) is 10.2 Å². The molecule has 2 N–H and O–H groups in total. The molecule has 0 aliphatic carbocycles. The summed E-state index contributed by atoms with van der Waals surface area (Å²) in [6.45, 7) is 0. The van der Waals surface area contributed by atoms with Gasteiger partial charge in [-0.2, -0.15) is 5.10 Å². The predicted molar refractivity (Wildman–Crippen MR) is 114 cm³/mol. The second-order valence-corrected chi connectivity index (χ2v) is 8.57. The zero-order valence-electron chi connectivity index (χ0n) is 16.1. The topological polar surface area (TPSA) is 119 Å². The van der Waals surface area contributed by atoms with Gasteiger partial charge in [-0.1, -0.05) is 24.3 Å². The van der Waals surface area contributed by atoms with Crippen molar-refractivity contribution >= 4 is 27.1 Å². The van der Waals surface area contributed by atoms with Crippen LogP contribution in [0.5, 0.6) is 0 Å². The highest BCUT2D eigenvalue weighted by Gasteiger charge is 2.30. The van der Waals surface area contributed by atoms with E-state index in [1.165, 1.54) is 36.4 Å². The van der Waals surface area contributed by atoms with Crippen LogP contribution in [0.15, 0.2) is 82.8 Å². The van der Waals surface area contributed by atoms with E-state index in [0.717, 1.165) is 11.1 Å². The molecule has 0 amide bonds. The van der Waals surface area contributed by atoms with Crippen LogP contribution in [0, 0.1) is 15.9 Å². The van der Waals surface area contributed by atoms with E-state index in [2.05, 4.69) is 5.10 Å². The molecular weight excluding hydrogens is 423 g/mol. The molecule has 0 spiro atoms. The van der Waals surface area contributed by atoms with E-state index in [-0.39, 0.29) is 22.4 Å². The van der Waals surface area contributed by atoms with Gasteiger partial charge in [0.2, 0.25) is 10.0 Å². The van der Waals surface area contributed by atoms with Crippen LogP contribution in [0.3, 0.4) is 0 Å². The number of hydrogen-bond acceptors (Lipinski definition) is 6. The number of benzene rings is 3. The van der Waals surface area contributed by atoms with Gasteiger partial charge in [-0.05, 0) is 47.5 Å². The summed E-state index contributed by atoms with van der Waals surface area (Å²) in [7, 11) is -3.83. The Balaban J connectivity index is 1.74. The second kappa shape index (κ2) is 7.89. The van der Waals surface area contributed by atoms with Gasteiger partial charge in [-0.3, -0.25) is 15.1 Å². The maximum Gasteiger partial charge on any atom is 0.269 e. The number of nitro benzene ring substituents is 1. The Bertz CT molecular complexity index is 1260. The first-order chi connectivity index (χ1) is 14.7. The highest BCUT2D eigenvalue weighted by atomic mass is 32.2. The average Bonchev–Trinajstić information content (AvgIpc) is 3.19. The minimum atomic E-state index is -3.83. The molecule has 4 rings (SSSR count). The number of sulfonamides is 1. The fourth-order valence-electron chi connectivity index (χ4n) is 3.43. The van der Waals surface area contributed by atoms with Crippen molar-refractivity contribution in [3.8, 4) is 0 Å². The molecule has 0 saturated heterocycles. The SMILES string of the molecule is NS(=O)(=O)c1ccc(N2N=C(c3ccc(F)cc3)CC2c2ccc([N+](=O)[O-])cc2)cc1. The molecule has 10 heteroatoms. The number of nitrogens with zero attached hydrogens (tertiary/aromatic N) is 3. The van der Waals surface area contributed by atoms with Crippen molar-refractivity contribution in [3.63, 3.8) is 0 Å². The van der Waals surface area contributed by atoms with Crippen LogP contribution >= 0.6 is 0 Å². The molecule has 0 bridgehead atoms. The molecule has 1 unspecified atom stereocenters. The quantitative estimate of drug-likeness (QED) is 0.479. The van der Waals surface area contributed by atoms with Crippen molar-refractivity contribution in [1.82, 2.24) is 0 Å². The first-order valence-electron chi connectivity index (χ1n) is 9.22. The Kier molecular flexibility index (Phi) is 5.25. The largest absolute Gasteiger partial charge is 0.269 e. The second-order valence-electron chi connectivity index (χ2n) is 7.01. The molecule has 0 saturated carbocycles. The fraction of sp³-hybridized carbons (Fsp3) is 0.0952. The van der Waals surface area contributed by atoms with Crippen molar-refractivity contribution in [1.29, 1.82) is 0 Å². The van der Waals surface area contributed by atoms with Gasteiger partial charge < -0.3 is 0 Å². The van der Waals surface area contributed by atoms with E-state index in [9.17, 15) is 22.9 Å². The minimum Gasteiger partial charge on any atom is -0.258 e. The van der Waals surface area contributed by atoms with E-state index in [4.69, 9.17) is 5.14 Å².